The number of benzene rings is 1. The third-order valence-electron chi connectivity index (χ3n) is 2.84. The molecule has 0 spiro atoms. The maximum atomic E-state index is 12.4. The summed E-state index contributed by atoms with van der Waals surface area (Å²) in [7, 11) is 0. The summed E-state index contributed by atoms with van der Waals surface area (Å²) < 4.78 is 0. The Morgan fingerprint density at radius 3 is 2.19 bits per heavy atom. The van der Waals surface area contributed by atoms with Gasteiger partial charge < -0.3 is 10.0 Å². The Balaban J connectivity index is 2.94. The Hall–Kier alpha value is -2.17. The first-order chi connectivity index (χ1) is 10.1. The molecule has 5 nitrogen and oxygen atoms in total. The molecule has 0 aliphatic rings. The number of azo groups is 1. The molecular weight excluding hydrogens is 266 g/mol. The summed E-state index contributed by atoms with van der Waals surface area (Å²) in [6.45, 7) is 6.76. The summed E-state index contributed by atoms with van der Waals surface area (Å²) in [5, 5.41) is 17.7. The zero-order valence-corrected chi connectivity index (χ0v) is 12.9. The van der Waals surface area contributed by atoms with E-state index in [2.05, 4.69) is 10.2 Å². The fraction of sp³-hybridized carbons (Fsp3) is 0.438. The molecule has 1 aromatic carbocycles. The van der Waals surface area contributed by atoms with Crippen molar-refractivity contribution >= 4 is 11.6 Å². The molecule has 1 rings (SSSR count). The number of rotatable bonds is 7. The smallest absolute Gasteiger partial charge is 0.277 e. The van der Waals surface area contributed by atoms with Crippen molar-refractivity contribution < 1.29 is 9.90 Å². The van der Waals surface area contributed by atoms with Crippen molar-refractivity contribution in [3.63, 3.8) is 0 Å². The number of carbonyl (C=O) groups is 1. The average molecular weight is 289 g/mol. The molecule has 0 aromatic heterocycles. The van der Waals surface area contributed by atoms with Crippen LogP contribution in [0.5, 0.6) is 0 Å². The number of aliphatic hydroxyl groups excluding tert-OH is 1. The van der Waals surface area contributed by atoms with Crippen molar-refractivity contribution in [2.24, 2.45) is 10.2 Å². The van der Waals surface area contributed by atoms with Crippen molar-refractivity contribution in [1.29, 1.82) is 0 Å². The number of allylic oxidation sites excluding steroid dienone is 1. The molecule has 21 heavy (non-hydrogen) atoms. The molecule has 0 saturated heterocycles. The maximum Gasteiger partial charge on any atom is 0.277 e. The minimum atomic E-state index is -0.279. The van der Waals surface area contributed by atoms with Crippen molar-refractivity contribution in [2.75, 3.05) is 13.1 Å². The largest absolute Gasteiger partial charge is 0.510 e. The van der Waals surface area contributed by atoms with Gasteiger partial charge in [0, 0.05) is 13.1 Å². The summed E-state index contributed by atoms with van der Waals surface area (Å²) in [4.78, 5) is 14.1. The van der Waals surface area contributed by atoms with E-state index < -0.39 is 0 Å². The van der Waals surface area contributed by atoms with Gasteiger partial charge in [0.15, 0.2) is 5.70 Å². The molecule has 0 saturated carbocycles. The monoisotopic (exact) mass is 289 g/mol. The zero-order valence-electron chi connectivity index (χ0n) is 12.9. The lowest BCUT2D eigenvalue weighted by molar-refractivity contribution is -0.127. The number of nitrogens with zero attached hydrogens (tertiary/aromatic N) is 3. The number of hydrogen-bond acceptors (Lipinski definition) is 4. The topological polar surface area (TPSA) is 65.3 Å². The van der Waals surface area contributed by atoms with Gasteiger partial charge >= 0.3 is 0 Å². The van der Waals surface area contributed by atoms with Crippen LogP contribution < -0.4 is 0 Å². The summed E-state index contributed by atoms with van der Waals surface area (Å²) in [5.41, 5.74) is 0.641. The summed E-state index contributed by atoms with van der Waals surface area (Å²) in [6, 6.07) is 9.13. The van der Waals surface area contributed by atoms with Crippen LogP contribution in [0.1, 0.15) is 33.6 Å². The Bertz CT molecular complexity index is 500. The van der Waals surface area contributed by atoms with Crippen LogP contribution >= 0.6 is 0 Å². The number of aliphatic hydroxyl groups is 1. The van der Waals surface area contributed by atoms with Crippen LogP contribution in [-0.2, 0) is 4.79 Å². The summed E-state index contributed by atoms with van der Waals surface area (Å²) in [6.07, 6.45) is 1.72. The van der Waals surface area contributed by atoms with Gasteiger partial charge in [0.05, 0.1) is 5.69 Å². The number of amides is 1. The van der Waals surface area contributed by atoms with Gasteiger partial charge in [-0.2, -0.15) is 5.11 Å². The lowest BCUT2D eigenvalue weighted by Gasteiger charge is -2.21. The first-order valence-electron chi connectivity index (χ1n) is 7.26. The molecule has 0 unspecified atom stereocenters. The standard InChI is InChI=1S/C16H23N3O2/c1-4-11-19(12-5-2)16(21)15(13(3)20)18-17-14-9-7-6-8-10-14/h6-10,20H,4-5,11-12H2,1-3H3. The highest BCUT2D eigenvalue weighted by Crippen LogP contribution is 2.16. The van der Waals surface area contributed by atoms with Crippen LogP contribution in [0.15, 0.2) is 52.0 Å². The van der Waals surface area contributed by atoms with Crippen molar-refractivity contribution in [3.8, 4) is 0 Å². The fourth-order valence-corrected chi connectivity index (χ4v) is 1.88. The molecule has 0 radical (unpaired) electrons. The van der Waals surface area contributed by atoms with E-state index in [1.165, 1.54) is 6.92 Å². The molecular formula is C16H23N3O2. The average Bonchev–Trinajstić information content (AvgIpc) is 2.47. The lowest BCUT2D eigenvalue weighted by atomic mass is 10.3. The quantitative estimate of drug-likeness (QED) is 0.464. The Kier molecular flexibility index (Phi) is 7.15. The van der Waals surface area contributed by atoms with Crippen molar-refractivity contribution in [3.05, 3.63) is 41.8 Å². The first-order valence-corrected chi connectivity index (χ1v) is 7.26. The van der Waals surface area contributed by atoms with Crippen LogP contribution in [0.25, 0.3) is 0 Å². The maximum absolute atomic E-state index is 12.4. The third kappa shape index (κ3) is 5.38. The molecule has 114 valence electrons. The van der Waals surface area contributed by atoms with Crippen LogP contribution in [0.4, 0.5) is 5.69 Å². The summed E-state index contributed by atoms with van der Waals surface area (Å²) >= 11 is 0. The Labute approximate surface area is 126 Å². The highest BCUT2D eigenvalue weighted by atomic mass is 16.3. The predicted octanol–water partition coefficient (Wildman–Crippen LogP) is 4.21. The first kappa shape index (κ1) is 16.9. The zero-order chi connectivity index (χ0) is 15.7. The van der Waals surface area contributed by atoms with Gasteiger partial charge in [-0.25, -0.2) is 0 Å². The molecule has 5 heteroatoms. The van der Waals surface area contributed by atoms with Crippen LogP contribution in [-0.4, -0.2) is 29.0 Å². The van der Waals surface area contributed by atoms with E-state index >= 15 is 0 Å². The molecule has 0 atom stereocenters. The lowest BCUT2D eigenvalue weighted by Crippen LogP contribution is -2.33. The van der Waals surface area contributed by atoms with Crippen LogP contribution in [0.3, 0.4) is 0 Å². The van der Waals surface area contributed by atoms with E-state index in [1.807, 2.05) is 32.0 Å². The molecule has 1 aromatic rings. The molecule has 1 amide bonds. The SMILES string of the molecule is CCCN(CCC)C(=O)C(N=Nc1ccccc1)=C(C)O. The Morgan fingerprint density at radius 1 is 1.14 bits per heavy atom. The minimum absolute atomic E-state index is 0.000697. The van der Waals surface area contributed by atoms with E-state index in [4.69, 9.17) is 0 Å². The van der Waals surface area contributed by atoms with E-state index in [9.17, 15) is 9.90 Å². The van der Waals surface area contributed by atoms with Crippen molar-refractivity contribution in [1.82, 2.24) is 4.90 Å². The van der Waals surface area contributed by atoms with Gasteiger partial charge in [0.2, 0.25) is 0 Å². The summed E-state index contributed by atoms with van der Waals surface area (Å²) in [5.74, 6) is -0.393. The molecule has 0 aliphatic heterocycles. The van der Waals surface area contributed by atoms with Crippen LogP contribution in [0.2, 0.25) is 0 Å². The highest BCUT2D eigenvalue weighted by Gasteiger charge is 2.19. The van der Waals surface area contributed by atoms with Gasteiger partial charge in [-0.1, -0.05) is 32.0 Å². The van der Waals surface area contributed by atoms with E-state index in [0.29, 0.717) is 18.8 Å². The molecule has 0 aliphatic carbocycles. The van der Waals surface area contributed by atoms with E-state index in [0.717, 1.165) is 12.8 Å². The van der Waals surface area contributed by atoms with E-state index in [-0.39, 0.29) is 17.4 Å². The molecule has 0 fully saturated rings. The van der Waals surface area contributed by atoms with Gasteiger partial charge in [-0.15, -0.1) is 5.11 Å². The van der Waals surface area contributed by atoms with Gasteiger partial charge in [0.1, 0.15) is 5.76 Å². The minimum Gasteiger partial charge on any atom is -0.510 e. The number of carbonyl (C=O) groups excluding carboxylic acids is 1. The van der Waals surface area contributed by atoms with Gasteiger partial charge in [0.25, 0.3) is 5.91 Å². The molecule has 0 heterocycles. The highest BCUT2D eigenvalue weighted by molar-refractivity contribution is 5.93. The predicted molar refractivity (Wildman–Crippen MR) is 83.4 cm³/mol. The van der Waals surface area contributed by atoms with Gasteiger partial charge in [-0.05, 0) is 31.9 Å². The normalized spacial score (nSPS) is 12.3. The second-order valence-corrected chi connectivity index (χ2v) is 4.76. The van der Waals surface area contributed by atoms with Crippen molar-refractivity contribution in [2.45, 2.75) is 33.6 Å². The third-order valence-corrected chi connectivity index (χ3v) is 2.84. The molecule has 1 N–H and O–H groups in total. The number of hydrogen-bond donors (Lipinski definition) is 1. The second-order valence-electron chi connectivity index (χ2n) is 4.76. The second kappa shape index (κ2) is 8.89. The van der Waals surface area contributed by atoms with Gasteiger partial charge in [-0.3, -0.25) is 4.79 Å². The molecule has 0 bridgehead atoms. The van der Waals surface area contributed by atoms with Crippen LogP contribution in [0, 0.1) is 0 Å². The fourth-order valence-electron chi connectivity index (χ4n) is 1.88. The van der Waals surface area contributed by atoms with E-state index in [1.54, 1.807) is 17.0 Å². The Morgan fingerprint density at radius 2 is 1.71 bits per heavy atom.